The van der Waals surface area contributed by atoms with Crippen LogP contribution in [0.4, 0.5) is 0 Å². The van der Waals surface area contributed by atoms with Crippen LogP contribution in [-0.2, 0) is 12.8 Å². The maximum atomic E-state index is 9.71. The van der Waals surface area contributed by atoms with Gasteiger partial charge in [-0.2, -0.15) is 0 Å². The first-order valence-electron chi connectivity index (χ1n) is 4.68. The van der Waals surface area contributed by atoms with E-state index in [1.807, 2.05) is 19.1 Å². The Bertz CT molecular complexity index is 359. The molecule has 1 aromatic rings. The molecule has 0 heterocycles. The molecule has 0 saturated carbocycles. The smallest absolute Gasteiger partial charge is 0.122 e. The summed E-state index contributed by atoms with van der Waals surface area (Å²) in [6, 6.07) is 3.86. The van der Waals surface area contributed by atoms with Crippen molar-refractivity contribution >= 4 is 5.84 Å². The average Bonchev–Trinajstić information content (AvgIpc) is 2.11. The van der Waals surface area contributed by atoms with Gasteiger partial charge in [0.25, 0.3) is 0 Å². The van der Waals surface area contributed by atoms with Crippen LogP contribution in [0.3, 0.4) is 0 Å². The third kappa shape index (κ3) is 2.25. The van der Waals surface area contributed by atoms with E-state index in [9.17, 15) is 5.11 Å². The largest absolute Gasteiger partial charge is 0.507 e. The van der Waals surface area contributed by atoms with Gasteiger partial charge in [0, 0.05) is 12.0 Å². The Balaban J connectivity index is 3.13. The Morgan fingerprint density at radius 1 is 1.50 bits per heavy atom. The molecule has 0 atom stereocenters. The Morgan fingerprint density at radius 3 is 2.64 bits per heavy atom. The predicted octanol–water partition coefficient (Wildman–Crippen LogP) is 1.74. The second-order valence-corrected chi connectivity index (χ2v) is 3.48. The zero-order chi connectivity index (χ0) is 10.7. The maximum absolute atomic E-state index is 9.71. The molecule has 0 fully saturated rings. The second kappa shape index (κ2) is 4.13. The summed E-state index contributed by atoms with van der Waals surface area (Å²) in [5.41, 5.74) is 8.06. The summed E-state index contributed by atoms with van der Waals surface area (Å²) in [5.74, 6) is 0.338. The predicted molar refractivity (Wildman–Crippen MR) is 57.8 cm³/mol. The standard InChI is InChI=1S/C11H16N2O/c1-3-8-4-7(2)11(14)9(5-8)6-10(12)13/h4-5,14H,3,6H2,1-2H3,(H3,12,13). The lowest BCUT2D eigenvalue weighted by Crippen LogP contribution is -2.13. The van der Waals surface area contributed by atoms with E-state index in [1.165, 1.54) is 0 Å². The van der Waals surface area contributed by atoms with Crippen molar-refractivity contribution in [1.82, 2.24) is 0 Å². The Morgan fingerprint density at radius 2 is 2.14 bits per heavy atom. The Kier molecular flexibility index (Phi) is 3.12. The quantitative estimate of drug-likeness (QED) is 0.504. The minimum atomic E-state index is 0.0768. The minimum Gasteiger partial charge on any atom is -0.507 e. The fourth-order valence-electron chi connectivity index (χ4n) is 1.48. The Hall–Kier alpha value is -1.51. The van der Waals surface area contributed by atoms with E-state index in [0.717, 1.165) is 23.1 Å². The Labute approximate surface area is 84.1 Å². The maximum Gasteiger partial charge on any atom is 0.122 e. The fraction of sp³-hybridized carbons (Fsp3) is 0.364. The van der Waals surface area contributed by atoms with Crippen molar-refractivity contribution in [3.05, 3.63) is 28.8 Å². The highest BCUT2D eigenvalue weighted by atomic mass is 16.3. The van der Waals surface area contributed by atoms with Crippen molar-refractivity contribution in [2.45, 2.75) is 26.7 Å². The van der Waals surface area contributed by atoms with Gasteiger partial charge in [-0.25, -0.2) is 0 Å². The number of nitrogens with two attached hydrogens (primary N) is 1. The van der Waals surface area contributed by atoms with Gasteiger partial charge in [-0.1, -0.05) is 19.1 Å². The lowest BCUT2D eigenvalue weighted by molar-refractivity contribution is 0.465. The van der Waals surface area contributed by atoms with Crippen LogP contribution < -0.4 is 5.73 Å². The number of aryl methyl sites for hydroxylation is 2. The van der Waals surface area contributed by atoms with Crippen molar-refractivity contribution in [3.63, 3.8) is 0 Å². The van der Waals surface area contributed by atoms with E-state index >= 15 is 0 Å². The van der Waals surface area contributed by atoms with Crippen LogP contribution >= 0.6 is 0 Å². The molecule has 76 valence electrons. The summed E-state index contributed by atoms with van der Waals surface area (Å²) in [6.07, 6.45) is 1.24. The van der Waals surface area contributed by atoms with E-state index in [-0.39, 0.29) is 11.6 Å². The third-order valence-corrected chi connectivity index (χ3v) is 2.23. The number of amidine groups is 1. The van der Waals surface area contributed by atoms with Gasteiger partial charge in [0.2, 0.25) is 0 Å². The van der Waals surface area contributed by atoms with Crippen molar-refractivity contribution in [2.75, 3.05) is 0 Å². The summed E-state index contributed by atoms with van der Waals surface area (Å²) >= 11 is 0. The molecule has 1 aromatic carbocycles. The molecule has 0 saturated heterocycles. The van der Waals surface area contributed by atoms with Gasteiger partial charge in [0.1, 0.15) is 5.75 Å². The summed E-state index contributed by atoms with van der Waals surface area (Å²) < 4.78 is 0. The molecule has 0 spiro atoms. The first-order valence-corrected chi connectivity index (χ1v) is 4.68. The number of aromatic hydroxyl groups is 1. The molecule has 3 nitrogen and oxygen atoms in total. The van der Waals surface area contributed by atoms with Crippen LogP contribution in [0, 0.1) is 12.3 Å². The molecule has 0 amide bonds. The molecule has 0 bridgehead atoms. The van der Waals surface area contributed by atoms with Crippen LogP contribution in [0.2, 0.25) is 0 Å². The molecule has 14 heavy (non-hydrogen) atoms. The van der Waals surface area contributed by atoms with Gasteiger partial charge in [0.15, 0.2) is 0 Å². The summed E-state index contributed by atoms with van der Waals surface area (Å²) in [6.45, 7) is 3.92. The van der Waals surface area contributed by atoms with Crippen LogP contribution in [0.15, 0.2) is 12.1 Å². The van der Waals surface area contributed by atoms with Crippen molar-refractivity contribution in [2.24, 2.45) is 5.73 Å². The number of phenolic OH excluding ortho intramolecular Hbond substituents is 1. The molecule has 4 N–H and O–H groups in total. The first kappa shape index (κ1) is 10.6. The lowest BCUT2D eigenvalue weighted by Gasteiger charge is -2.09. The van der Waals surface area contributed by atoms with E-state index in [2.05, 4.69) is 6.92 Å². The van der Waals surface area contributed by atoms with E-state index < -0.39 is 0 Å². The normalized spacial score (nSPS) is 10.1. The molecule has 1 rings (SSSR count). The molecule has 0 aliphatic carbocycles. The highest BCUT2D eigenvalue weighted by molar-refractivity contribution is 5.80. The summed E-state index contributed by atoms with van der Waals surface area (Å²) in [7, 11) is 0. The molecule has 0 radical (unpaired) electrons. The highest BCUT2D eigenvalue weighted by Gasteiger charge is 2.07. The highest BCUT2D eigenvalue weighted by Crippen LogP contribution is 2.24. The van der Waals surface area contributed by atoms with Crippen LogP contribution in [0.1, 0.15) is 23.6 Å². The van der Waals surface area contributed by atoms with Crippen molar-refractivity contribution in [1.29, 1.82) is 5.41 Å². The van der Waals surface area contributed by atoms with Gasteiger partial charge in [-0.3, -0.25) is 5.41 Å². The monoisotopic (exact) mass is 192 g/mol. The molecule has 3 heteroatoms. The number of phenols is 1. The van der Waals surface area contributed by atoms with Crippen molar-refractivity contribution in [3.8, 4) is 5.75 Å². The summed E-state index contributed by atoms with van der Waals surface area (Å²) in [5, 5.41) is 16.9. The van der Waals surface area contributed by atoms with Gasteiger partial charge in [-0.15, -0.1) is 0 Å². The lowest BCUT2D eigenvalue weighted by atomic mass is 10.0. The van der Waals surface area contributed by atoms with Gasteiger partial charge < -0.3 is 10.8 Å². The number of hydrogen-bond acceptors (Lipinski definition) is 2. The molecule has 0 aliphatic rings. The molecule has 0 unspecified atom stereocenters. The summed E-state index contributed by atoms with van der Waals surface area (Å²) in [4.78, 5) is 0. The third-order valence-electron chi connectivity index (χ3n) is 2.23. The molecular weight excluding hydrogens is 176 g/mol. The van der Waals surface area contributed by atoms with E-state index in [1.54, 1.807) is 0 Å². The SMILES string of the molecule is CCc1cc(C)c(O)c(CC(=N)N)c1. The number of rotatable bonds is 3. The first-order chi connectivity index (χ1) is 6.54. The van der Waals surface area contributed by atoms with Crippen LogP contribution in [0.25, 0.3) is 0 Å². The van der Waals surface area contributed by atoms with Crippen molar-refractivity contribution < 1.29 is 5.11 Å². The topological polar surface area (TPSA) is 70.1 Å². The number of nitrogens with one attached hydrogen (secondary N) is 1. The molecular formula is C11H16N2O. The number of benzene rings is 1. The zero-order valence-electron chi connectivity index (χ0n) is 8.59. The minimum absolute atomic E-state index is 0.0768. The van der Waals surface area contributed by atoms with Crippen LogP contribution in [-0.4, -0.2) is 10.9 Å². The van der Waals surface area contributed by atoms with Gasteiger partial charge >= 0.3 is 0 Å². The van der Waals surface area contributed by atoms with E-state index in [0.29, 0.717) is 6.42 Å². The average molecular weight is 192 g/mol. The molecule has 0 aliphatic heterocycles. The zero-order valence-corrected chi connectivity index (χ0v) is 8.59. The number of hydrogen-bond donors (Lipinski definition) is 3. The fourth-order valence-corrected chi connectivity index (χ4v) is 1.48. The van der Waals surface area contributed by atoms with Gasteiger partial charge in [-0.05, 0) is 24.5 Å². The molecule has 0 aromatic heterocycles. The van der Waals surface area contributed by atoms with Gasteiger partial charge in [0.05, 0.1) is 5.84 Å². The second-order valence-electron chi connectivity index (χ2n) is 3.48. The van der Waals surface area contributed by atoms with E-state index in [4.69, 9.17) is 11.1 Å². The van der Waals surface area contributed by atoms with Crippen LogP contribution in [0.5, 0.6) is 5.75 Å².